The van der Waals surface area contributed by atoms with E-state index in [1.807, 2.05) is 7.05 Å². The number of aromatic amines is 1. The van der Waals surface area contributed by atoms with Gasteiger partial charge < -0.3 is 15.6 Å². The predicted molar refractivity (Wildman–Crippen MR) is 57.9 cm³/mol. The monoisotopic (exact) mass is 208 g/mol. The molecule has 15 heavy (non-hydrogen) atoms. The van der Waals surface area contributed by atoms with E-state index in [-0.39, 0.29) is 5.69 Å². The van der Waals surface area contributed by atoms with E-state index in [1.54, 1.807) is 0 Å². The molecule has 0 saturated heterocycles. The number of fused-ring (bicyclic) bond motifs is 1. The fourth-order valence-electron chi connectivity index (χ4n) is 1.97. The van der Waals surface area contributed by atoms with Crippen molar-refractivity contribution in [1.82, 2.24) is 20.6 Å². The van der Waals surface area contributed by atoms with Gasteiger partial charge in [-0.15, -0.1) is 0 Å². The molecule has 0 spiro atoms. The smallest absolute Gasteiger partial charge is 0.316 e. The lowest BCUT2D eigenvalue weighted by atomic mass is 10.1. The molecule has 2 rings (SSSR count). The van der Waals surface area contributed by atoms with Gasteiger partial charge in [-0.05, 0) is 25.6 Å². The van der Waals surface area contributed by atoms with Crippen LogP contribution in [0.5, 0.6) is 0 Å². The van der Waals surface area contributed by atoms with Crippen LogP contribution < -0.4 is 16.3 Å². The standard InChI is InChI=1S/C10H16N4O/c1-11-6-9-7-2-4-12-5-3-8(7)13-10(15)14-9/h11-12H,2-6H2,1H3,(H,13,14,15). The first kappa shape index (κ1) is 10.3. The van der Waals surface area contributed by atoms with Crippen molar-refractivity contribution in [3.05, 3.63) is 27.4 Å². The van der Waals surface area contributed by atoms with Crippen molar-refractivity contribution in [2.45, 2.75) is 19.4 Å². The van der Waals surface area contributed by atoms with Crippen LogP contribution in [0.4, 0.5) is 0 Å². The minimum Gasteiger partial charge on any atom is -0.316 e. The van der Waals surface area contributed by atoms with E-state index in [9.17, 15) is 4.79 Å². The molecular weight excluding hydrogens is 192 g/mol. The van der Waals surface area contributed by atoms with Crippen LogP contribution in [-0.2, 0) is 19.4 Å². The topological polar surface area (TPSA) is 69.8 Å². The zero-order valence-electron chi connectivity index (χ0n) is 8.89. The molecule has 0 aliphatic carbocycles. The van der Waals surface area contributed by atoms with Crippen molar-refractivity contribution < 1.29 is 0 Å². The Labute approximate surface area is 88.3 Å². The van der Waals surface area contributed by atoms with Gasteiger partial charge in [-0.2, -0.15) is 4.98 Å². The van der Waals surface area contributed by atoms with Gasteiger partial charge in [0.15, 0.2) is 0 Å². The van der Waals surface area contributed by atoms with Gasteiger partial charge in [0.05, 0.1) is 5.69 Å². The van der Waals surface area contributed by atoms with E-state index in [0.717, 1.165) is 37.3 Å². The lowest BCUT2D eigenvalue weighted by Gasteiger charge is -2.09. The average molecular weight is 208 g/mol. The largest absolute Gasteiger partial charge is 0.345 e. The lowest BCUT2D eigenvalue weighted by molar-refractivity contribution is 0.705. The van der Waals surface area contributed by atoms with Gasteiger partial charge in [0.1, 0.15) is 0 Å². The Morgan fingerprint density at radius 3 is 3.00 bits per heavy atom. The minimum atomic E-state index is -0.235. The Balaban J connectivity index is 2.45. The van der Waals surface area contributed by atoms with E-state index >= 15 is 0 Å². The SMILES string of the molecule is CNCc1nc(=O)[nH]c2c1CCNCC2. The second-order valence-electron chi connectivity index (χ2n) is 3.73. The number of nitrogens with zero attached hydrogens (tertiary/aromatic N) is 1. The molecule has 0 radical (unpaired) electrons. The molecule has 0 amide bonds. The molecule has 0 unspecified atom stereocenters. The van der Waals surface area contributed by atoms with Crippen LogP contribution in [0.15, 0.2) is 4.79 Å². The second-order valence-corrected chi connectivity index (χ2v) is 3.73. The fraction of sp³-hybridized carbons (Fsp3) is 0.600. The van der Waals surface area contributed by atoms with Crippen molar-refractivity contribution in [2.24, 2.45) is 0 Å². The van der Waals surface area contributed by atoms with Crippen LogP contribution in [0, 0.1) is 0 Å². The third-order valence-electron chi connectivity index (χ3n) is 2.65. The maximum atomic E-state index is 11.3. The first-order chi connectivity index (χ1) is 7.31. The van der Waals surface area contributed by atoms with E-state index in [2.05, 4.69) is 20.6 Å². The van der Waals surface area contributed by atoms with Crippen LogP contribution in [0.2, 0.25) is 0 Å². The highest BCUT2D eigenvalue weighted by Gasteiger charge is 2.13. The molecular formula is C10H16N4O. The fourth-order valence-corrected chi connectivity index (χ4v) is 1.97. The third kappa shape index (κ3) is 2.24. The van der Waals surface area contributed by atoms with E-state index in [4.69, 9.17) is 0 Å². The summed E-state index contributed by atoms with van der Waals surface area (Å²) in [6.07, 6.45) is 1.82. The molecule has 0 fully saturated rings. The van der Waals surface area contributed by atoms with Gasteiger partial charge in [-0.1, -0.05) is 0 Å². The molecule has 0 aromatic carbocycles. The quantitative estimate of drug-likeness (QED) is 0.594. The van der Waals surface area contributed by atoms with Crippen LogP contribution in [0.1, 0.15) is 17.0 Å². The summed E-state index contributed by atoms with van der Waals surface area (Å²) in [5, 5.41) is 6.36. The normalized spacial score (nSPS) is 15.8. The summed E-state index contributed by atoms with van der Waals surface area (Å²) in [5.74, 6) is 0. The molecule has 1 aliphatic heterocycles. The molecule has 5 heteroatoms. The summed E-state index contributed by atoms with van der Waals surface area (Å²) >= 11 is 0. The zero-order chi connectivity index (χ0) is 10.7. The van der Waals surface area contributed by atoms with E-state index < -0.39 is 0 Å². The summed E-state index contributed by atoms with van der Waals surface area (Å²) < 4.78 is 0. The first-order valence-electron chi connectivity index (χ1n) is 5.27. The Morgan fingerprint density at radius 2 is 2.20 bits per heavy atom. The maximum Gasteiger partial charge on any atom is 0.345 e. The molecule has 1 aromatic heterocycles. The number of nitrogens with one attached hydrogen (secondary N) is 3. The van der Waals surface area contributed by atoms with Gasteiger partial charge in [0, 0.05) is 25.2 Å². The van der Waals surface area contributed by atoms with Crippen LogP contribution >= 0.6 is 0 Å². The highest BCUT2D eigenvalue weighted by atomic mass is 16.1. The summed E-state index contributed by atoms with van der Waals surface area (Å²) in [7, 11) is 1.87. The Bertz CT molecular complexity index is 399. The molecule has 0 saturated carbocycles. The summed E-state index contributed by atoms with van der Waals surface area (Å²) in [4.78, 5) is 18.2. The zero-order valence-corrected chi connectivity index (χ0v) is 8.89. The molecule has 82 valence electrons. The van der Waals surface area contributed by atoms with Gasteiger partial charge >= 0.3 is 5.69 Å². The average Bonchev–Trinajstić information content (AvgIpc) is 2.43. The molecule has 0 atom stereocenters. The van der Waals surface area contributed by atoms with Gasteiger partial charge in [0.25, 0.3) is 0 Å². The lowest BCUT2D eigenvalue weighted by Crippen LogP contribution is -2.22. The van der Waals surface area contributed by atoms with Crippen molar-refractivity contribution in [2.75, 3.05) is 20.1 Å². The highest BCUT2D eigenvalue weighted by molar-refractivity contribution is 5.26. The number of hydrogen-bond acceptors (Lipinski definition) is 4. The highest BCUT2D eigenvalue weighted by Crippen LogP contribution is 2.11. The third-order valence-corrected chi connectivity index (χ3v) is 2.65. The number of aromatic nitrogens is 2. The Hall–Kier alpha value is -1.20. The molecule has 2 heterocycles. The Morgan fingerprint density at radius 1 is 1.40 bits per heavy atom. The predicted octanol–water partition coefficient (Wildman–Crippen LogP) is -0.822. The van der Waals surface area contributed by atoms with E-state index in [1.165, 1.54) is 5.56 Å². The maximum absolute atomic E-state index is 11.3. The Kier molecular flexibility index (Phi) is 3.13. The second kappa shape index (κ2) is 4.55. The van der Waals surface area contributed by atoms with Crippen LogP contribution in [0.3, 0.4) is 0 Å². The van der Waals surface area contributed by atoms with Crippen LogP contribution in [-0.4, -0.2) is 30.1 Å². The van der Waals surface area contributed by atoms with E-state index in [0.29, 0.717) is 6.54 Å². The minimum absolute atomic E-state index is 0.235. The van der Waals surface area contributed by atoms with Gasteiger partial charge in [-0.3, -0.25) is 0 Å². The molecule has 1 aromatic rings. The molecule has 5 nitrogen and oxygen atoms in total. The summed E-state index contributed by atoms with van der Waals surface area (Å²) in [5.41, 5.74) is 2.90. The molecule has 0 bridgehead atoms. The number of H-pyrrole nitrogens is 1. The van der Waals surface area contributed by atoms with Gasteiger partial charge in [0.2, 0.25) is 0 Å². The summed E-state index contributed by atoms with van der Waals surface area (Å²) in [6.45, 7) is 2.54. The van der Waals surface area contributed by atoms with Crippen LogP contribution in [0.25, 0.3) is 0 Å². The van der Waals surface area contributed by atoms with Crippen molar-refractivity contribution >= 4 is 0 Å². The summed E-state index contributed by atoms with van der Waals surface area (Å²) in [6, 6.07) is 0. The molecule has 3 N–H and O–H groups in total. The first-order valence-corrected chi connectivity index (χ1v) is 5.27. The van der Waals surface area contributed by atoms with Crippen molar-refractivity contribution in [3.8, 4) is 0 Å². The van der Waals surface area contributed by atoms with Gasteiger partial charge in [-0.25, -0.2) is 4.79 Å². The van der Waals surface area contributed by atoms with Crippen molar-refractivity contribution in [1.29, 1.82) is 0 Å². The molecule has 1 aliphatic rings. The van der Waals surface area contributed by atoms with Crippen molar-refractivity contribution in [3.63, 3.8) is 0 Å². The number of rotatable bonds is 2. The number of hydrogen-bond donors (Lipinski definition) is 3.